The van der Waals surface area contributed by atoms with Gasteiger partial charge in [-0.15, -0.1) is 0 Å². The Kier molecular flexibility index (Phi) is 3.10. The normalized spacial score (nSPS) is 23.9. The first kappa shape index (κ1) is 9.61. The predicted octanol–water partition coefficient (Wildman–Crippen LogP) is 0.383. The molecule has 1 unspecified atom stereocenters. The van der Waals surface area contributed by atoms with Gasteiger partial charge in [-0.25, -0.2) is 0 Å². The van der Waals surface area contributed by atoms with Gasteiger partial charge in [0.25, 0.3) is 0 Å². The van der Waals surface area contributed by atoms with Gasteiger partial charge in [-0.2, -0.15) is 4.98 Å². The van der Waals surface area contributed by atoms with Crippen LogP contribution in [0.1, 0.15) is 25.1 Å². The second-order valence-corrected chi connectivity index (χ2v) is 3.70. The quantitative estimate of drug-likeness (QED) is 0.757. The fourth-order valence-corrected chi connectivity index (χ4v) is 1.98. The Morgan fingerprint density at radius 2 is 2.50 bits per heavy atom. The minimum Gasteiger partial charge on any atom is -0.343 e. The lowest BCUT2D eigenvalue weighted by molar-refractivity contribution is 0.140. The van der Waals surface area contributed by atoms with Crippen LogP contribution < -0.4 is 5.73 Å². The minimum atomic E-state index is 0.488. The molecule has 0 aliphatic carbocycles. The van der Waals surface area contributed by atoms with Crippen molar-refractivity contribution in [1.82, 2.24) is 15.0 Å². The maximum Gasteiger partial charge on any atom is 0.213 e. The molecule has 0 spiro atoms. The highest BCUT2D eigenvalue weighted by molar-refractivity contribution is 4.84. The third kappa shape index (κ3) is 2.10. The van der Waals surface area contributed by atoms with Crippen molar-refractivity contribution in [2.24, 2.45) is 5.73 Å². The van der Waals surface area contributed by atoms with Crippen LogP contribution in [0.15, 0.2) is 10.9 Å². The molecule has 2 N–H and O–H groups in total. The number of hydrogen-bond acceptors (Lipinski definition) is 5. The van der Waals surface area contributed by atoms with Crippen molar-refractivity contribution in [2.45, 2.75) is 31.8 Å². The van der Waals surface area contributed by atoms with Crippen LogP contribution in [0.5, 0.6) is 0 Å². The topological polar surface area (TPSA) is 68.2 Å². The van der Waals surface area contributed by atoms with Crippen LogP contribution in [-0.2, 0) is 6.54 Å². The third-order valence-electron chi connectivity index (χ3n) is 2.77. The third-order valence-corrected chi connectivity index (χ3v) is 2.77. The summed E-state index contributed by atoms with van der Waals surface area (Å²) in [6.07, 6.45) is 5.09. The fraction of sp³-hybridized carbons (Fsp3) is 0.778. The van der Waals surface area contributed by atoms with Crippen LogP contribution in [0, 0.1) is 0 Å². The van der Waals surface area contributed by atoms with Crippen LogP contribution in [0.25, 0.3) is 0 Å². The van der Waals surface area contributed by atoms with Gasteiger partial charge in [0.15, 0.2) is 5.82 Å². The summed E-state index contributed by atoms with van der Waals surface area (Å²) in [5, 5.41) is 3.81. The van der Waals surface area contributed by atoms with Crippen LogP contribution >= 0.6 is 0 Å². The fourth-order valence-electron chi connectivity index (χ4n) is 1.98. The molecule has 2 rings (SSSR count). The molecular weight excluding hydrogens is 180 g/mol. The van der Waals surface area contributed by atoms with E-state index in [1.54, 1.807) is 0 Å². The van der Waals surface area contributed by atoms with Crippen molar-refractivity contribution < 1.29 is 4.52 Å². The molecule has 1 aromatic heterocycles. The summed E-state index contributed by atoms with van der Waals surface area (Å²) in [6.45, 7) is 2.58. The number of nitrogens with zero attached hydrogens (tertiary/aromatic N) is 3. The molecule has 2 heterocycles. The van der Waals surface area contributed by atoms with E-state index >= 15 is 0 Å². The zero-order chi connectivity index (χ0) is 9.80. The lowest BCUT2D eigenvalue weighted by atomic mass is 10.0. The lowest BCUT2D eigenvalue weighted by Gasteiger charge is -2.33. The Bertz CT molecular complexity index is 262. The number of piperidine rings is 1. The Balaban J connectivity index is 1.94. The molecule has 1 aliphatic rings. The molecule has 0 bridgehead atoms. The van der Waals surface area contributed by atoms with Gasteiger partial charge in [0.2, 0.25) is 6.39 Å². The van der Waals surface area contributed by atoms with Crippen molar-refractivity contribution in [3.05, 3.63) is 12.2 Å². The second kappa shape index (κ2) is 4.52. The molecule has 5 nitrogen and oxygen atoms in total. The van der Waals surface area contributed by atoms with Crippen molar-refractivity contribution in [3.8, 4) is 0 Å². The predicted molar refractivity (Wildman–Crippen MR) is 51.4 cm³/mol. The molecule has 0 saturated carbocycles. The van der Waals surface area contributed by atoms with Crippen LogP contribution in [0.2, 0.25) is 0 Å². The van der Waals surface area contributed by atoms with Crippen LogP contribution in [0.3, 0.4) is 0 Å². The summed E-state index contributed by atoms with van der Waals surface area (Å²) < 4.78 is 4.71. The van der Waals surface area contributed by atoms with Gasteiger partial charge in [-0.3, -0.25) is 4.90 Å². The zero-order valence-electron chi connectivity index (χ0n) is 8.22. The number of nitrogens with two attached hydrogens (primary N) is 1. The highest BCUT2D eigenvalue weighted by Crippen LogP contribution is 2.17. The largest absolute Gasteiger partial charge is 0.343 e. The first-order chi connectivity index (χ1) is 6.90. The molecule has 1 aromatic rings. The Morgan fingerprint density at radius 3 is 3.21 bits per heavy atom. The molecule has 78 valence electrons. The van der Waals surface area contributed by atoms with E-state index in [9.17, 15) is 0 Å². The van der Waals surface area contributed by atoms with Gasteiger partial charge in [0.05, 0.1) is 6.54 Å². The molecule has 1 fully saturated rings. The molecular formula is C9H16N4O. The number of hydrogen-bond donors (Lipinski definition) is 1. The molecule has 1 saturated heterocycles. The van der Waals surface area contributed by atoms with Crippen molar-refractivity contribution in [3.63, 3.8) is 0 Å². The first-order valence-corrected chi connectivity index (χ1v) is 5.09. The Labute approximate surface area is 83.3 Å². The highest BCUT2D eigenvalue weighted by Gasteiger charge is 2.21. The number of rotatable bonds is 3. The summed E-state index contributed by atoms with van der Waals surface area (Å²) >= 11 is 0. The smallest absolute Gasteiger partial charge is 0.213 e. The average Bonchev–Trinajstić information content (AvgIpc) is 2.71. The van der Waals surface area contributed by atoms with E-state index in [1.165, 1.54) is 25.7 Å². The molecule has 0 radical (unpaired) electrons. The zero-order valence-corrected chi connectivity index (χ0v) is 8.22. The SMILES string of the molecule is NCC1CCCCN1Cc1ncon1. The summed E-state index contributed by atoms with van der Waals surface area (Å²) in [7, 11) is 0. The van der Waals surface area contributed by atoms with E-state index in [1.807, 2.05) is 0 Å². The number of aromatic nitrogens is 2. The van der Waals surface area contributed by atoms with Gasteiger partial charge in [0, 0.05) is 12.6 Å². The minimum absolute atomic E-state index is 0.488. The summed E-state index contributed by atoms with van der Waals surface area (Å²) in [5.41, 5.74) is 5.72. The first-order valence-electron chi connectivity index (χ1n) is 5.09. The van der Waals surface area contributed by atoms with E-state index in [0.717, 1.165) is 25.5 Å². The molecule has 14 heavy (non-hydrogen) atoms. The highest BCUT2D eigenvalue weighted by atomic mass is 16.5. The van der Waals surface area contributed by atoms with Crippen LogP contribution in [-0.4, -0.2) is 34.2 Å². The van der Waals surface area contributed by atoms with Gasteiger partial charge in [-0.05, 0) is 19.4 Å². The van der Waals surface area contributed by atoms with Gasteiger partial charge in [0.1, 0.15) is 0 Å². The average molecular weight is 196 g/mol. The molecule has 1 aliphatic heterocycles. The van der Waals surface area contributed by atoms with E-state index in [0.29, 0.717) is 6.04 Å². The maximum absolute atomic E-state index is 5.72. The second-order valence-electron chi connectivity index (χ2n) is 3.70. The van der Waals surface area contributed by atoms with E-state index in [-0.39, 0.29) is 0 Å². The lowest BCUT2D eigenvalue weighted by Crippen LogP contribution is -2.43. The van der Waals surface area contributed by atoms with Gasteiger partial charge < -0.3 is 10.3 Å². The van der Waals surface area contributed by atoms with E-state index in [4.69, 9.17) is 10.3 Å². The van der Waals surface area contributed by atoms with Crippen LogP contribution in [0.4, 0.5) is 0 Å². The summed E-state index contributed by atoms with van der Waals surface area (Å²) in [5.74, 6) is 0.755. The summed E-state index contributed by atoms with van der Waals surface area (Å²) in [6, 6.07) is 0.488. The van der Waals surface area contributed by atoms with E-state index in [2.05, 4.69) is 15.0 Å². The van der Waals surface area contributed by atoms with Gasteiger partial charge >= 0.3 is 0 Å². The molecule has 0 amide bonds. The molecule has 1 atom stereocenters. The van der Waals surface area contributed by atoms with Crippen molar-refractivity contribution >= 4 is 0 Å². The Hall–Kier alpha value is -0.940. The number of likely N-dealkylation sites (tertiary alicyclic amines) is 1. The van der Waals surface area contributed by atoms with Crippen molar-refractivity contribution in [1.29, 1.82) is 0 Å². The molecule has 5 heteroatoms. The van der Waals surface area contributed by atoms with Crippen molar-refractivity contribution in [2.75, 3.05) is 13.1 Å². The van der Waals surface area contributed by atoms with Gasteiger partial charge in [-0.1, -0.05) is 11.6 Å². The molecule has 0 aromatic carbocycles. The Morgan fingerprint density at radius 1 is 1.57 bits per heavy atom. The van der Waals surface area contributed by atoms with E-state index < -0.39 is 0 Å². The summed E-state index contributed by atoms with van der Waals surface area (Å²) in [4.78, 5) is 6.36. The monoisotopic (exact) mass is 196 g/mol. The maximum atomic E-state index is 5.72. The standard InChI is InChI=1S/C9H16N4O/c10-5-8-3-1-2-4-13(8)6-9-11-7-14-12-9/h7-8H,1-6,10H2.